The minimum absolute atomic E-state index is 1.20. The van der Waals surface area contributed by atoms with Gasteiger partial charge >= 0.3 is 13.8 Å². The van der Waals surface area contributed by atoms with Crippen LogP contribution in [-0.4, -0.2) is 33.0 Å². The van der Waals surface area contributed by atoms with Crippen LogP contribution >= 0.6 is 7.82 Å². The van der Waals surface area contributed by atoms with Crippen LogP contribution in [0.15, 0.2) is 0 Å². The van der Waals surface area contributed by atoms with Crippen molar-refractivity contribution in [3.63, 3.8) is 0 Å². The lowest BCUT2D eigenvalue weighted by atomic mass is 10.2. The molecule has 8 heteroatoms. The van der Waals surface area contributed by atoms with Gasteiger partial charge in [0.1, 0.15) is 6.04 Å². The standard InChI is InChI=1S/C4H10NO6P/c1-2(6)3(5)4(7)11-12(8,9)10/h2-3,6H,5H2,1H3,(H2,8,9,10)/t2-,3-/m1/s1. The van der Waals surface area contributed by atoms with Crippen LogP contribution in [0, 0.1) is 0 Å². The minimum Gasteiger partial charge on any atom is -0.391 e. The lowest BCUT2D eigenvalue weighted by Crippen LogP contribution is -2.40. The highest BCUT2D eigenvalue weighted by molar-refractivity contribution is 7.46. The molecule has 0 spiro atoms. The maximum Gasteiger partial charge on any atom is 0.527 e. The Morgan fingerprint density at radius 3 is 2.25 bits per heavy atom. The normalized spacial score (nSPS) is 16.8. The van der Waals surface area contributed by atoms with Crippen molar-refractivity contribution < 1.29 is 28.8 Å². The molecule has 0 saturated carbocycles. The molecule has 0 aromatic carbocycles. The molecule has 0 fully saturated rings. The number of phosphoric ester groups is 1. The monoisotopic (exact) mass is 199 g/mol. The first kappa shape index (κ1) is 11.5. The first-order chi connectivity index (χ1) is 5.24. The number of nitrogens with two attached hydrogens (primary N) is 1. The second-order valence-electron chi connectivity index (χ2n) is 2.17. The lowest BCUT2D eigenvalue weighted by Gasteiger charge is -2.13. The molecule has 0 unspecified atom stereocenters. The Balaban J connectivity index is 4.15. The number of rotatable bonds is 3. The van der Waals surface area contributed by atoms with Gasteiger partial charge in [0.2, 0.25) is 0 Å². The zero-order chi connectivity index (χ0) is 9.94. The molecule has 0 rings (SSSR count). The summed E-state index contributed by atoms with van der Waals surface area (Å²) in [7, 11) is -4.86. The van der Waals surface area contributed by atoms with Crippen LogP contribution in [0.2, 0.25) is 0 Å². The molecule has 0 bridgehead atoms. The van der Waals surface area contributed by atoms with Crippen molar-refractivity contribution in [3.05, 3.63) is 0 Å². The summed E-state index contributed by atoms with van der Waals surface area (Å²) in [5, 5.41) is 8.71. The third kappa shape index (κ3) is 4.42. The SMILES string of the molecule is C[C@@H](O)[C@@H](N)C(=O)OP(=O)(O)O. The molecule has 0 radical (unpaired) electrons. The van der Waals surface area contributed by atoms with Gasteiger partial charge in [-0.05, 0) is 6.92 Å². The fourth-order valence-corrected chi connectivity index (χ4v) is 0.731. The Bertz CT molecular complexity index is 210. The largest absolute Gasteiger partial charge is 0.527 e. The summed E-state index contributed by atoms with van der Waals surface area (Å²) < 4.78 is 13.7. The van der Waals surface area contributed by atoms with Gasteiger partial charge in [-0.2, -0.15) is 0 Å². The molecule has 0 heterocycles. The summed E-state index contributed by atoms with van der Waals surface area (Å²) in [5.41, 5.74) is 5.00. The van der Waals surface area contributed by atoms with E-state index in [0.29, 0.717) is 0 Å². The second kappa shape index (κ2) is 3.97. The fraction of sp³-hybridized carbons (Fsp3) is 0.750. The summed E-state index contributed by atoms with van der Waals surface area (Å²) in [5.74, 6) is -1.33. The summed E-state index contributed by atoms with van der Waals surface area (Å²) >= 11 is 0. The molecule has 12 heavy (non-hydrogen) atoms. The Hall–Kier alpha value is -0.460. The molecule has 0 aromatic heterocycles. The van der Waals surface area contributed by atoms with E-state index in [2.05, 4.69) is 4.52 Å². The number of carbonyl (C=O) groups is 1. The number of phosphoric acid groups is 1. The summed E-state index contributed by atoms with van der Waals surface area (Å²) in [6.07, 6.45) is -1.22. The molecule has 0 amide bonds. The van der Waals surface area contributed by atoms with E-state index in [4.69, 9.17) is 20.6 Å². The van der Waals surface area contributed by atoms with Crippen molar-refractivity contribution in [2.24, 2.45) is 5.73 Å². The van der Waals surface area contributed by atoms with Crippen molar-refractivity contribution in [1.29, 1.82) is 0 Å². The van der Waals surface area contributed by atoms with Crippen LogP contribution in [0.1, 0.15) is 6.92 Å². The van der Waals surface area contributed by atoms with E-state index >= 15 is 0 Å². The van der Waals surface area contributed by atoms with Gasteiger partial charge < -0.3 is 15.4 Å². The van der Waals surface area contributed by atoms with E-state index in [0.717, 1.165) is 0 Å². The topological polar surface area (TPSA) is 130 Å². The van der Waals surface area contributed by atoms with Crippen LogP contribution in [0.25, 0.3) is 0 Å². The number of aliphatic hydroxyl groups is 1. The molecule has 0 aromatic rings. The smallest absolute Gasteiger partial charge is 0.391 e. The molecule has 0 aliphatic carbocycles. The molecule has 72 valence electrons. The van der Waals surface area contributed by atoms with Crippen LogP contribution in [-0.2, 0) is 13.9 Å². The third-order valence-corrected chi connectivity index (χ3v) is 1.42. The van der Waals surface area contributed by atoms with Crippen molar-refractivity contribution in [2.45, 2.75) is 19.1 Å². The van der Waals surface area contributed by atoms with Crippen LogP contribution in [0.4, 0.5) is 0 Å². The van der Waals surface area contributed by atoms with E-state index < -0.39 is 25.9 Å². The number of hydrogen-bond acceptors (Lipinski definition) is 5. The zero-order valence-electron chi connectivity index (χ0n) is 6.25. The van der Waals surface area contributed by atoms with Gasteiger partial charge in [-0.25, -0.2) is 9.36 Å². The van der Waals surface area contributed by atoms with Gasteiger partial charge in [0.15, 0.2) is 0 Å². The Labute approximate surface area is 68.4 Å². The van der Waals surface area contributed by atoms with Crippen LogP contribution in [0.5, 0.6) is 0 Å². The molecule has 5 N–H and O–H groups in total. The average molecular weight is 199 g/mol. The number of hydrogen-bond donors (Lipinski definition) is 4. The van der Waals surface area contributed by atoms with Gasteiger partial charge in [-0.3, -0.25) is 9.79 Å². The van der Waals surface area contributed by atoms with E-state index in [1.165, 1.54) is 6.92 Å². The zero-order valence-corrected chi connectivity index (χ0v) is 7.14. The molecule has 0 aliphatic rings. The Morgan fingerprint density at radius 2 is 2.00 bits per heavy atom. The summed E-state index contributed by atoms with van der Waals surface area (Å²) in [4.78, 5) is 26.9. The van der Waals surface area contributed by atoms with Crippen LogP contribution < -0.4 is 5.73 Å². The second-order valence-corrected chi connectivity index (χ2v) is 3.33. The molecule has 0 saturated heterocycles. The van der Waals surface area contributed by atoms with E-state index in [9.17, 15) is 9.36 Å². The lowest BCUT2D eigenvalue weighted by molar-refractivity contribution is -0.139. The highest BCUT2D eigenvalue weighted by atomic mass is 31.2. The Morgan fingerprint density at radius 1 is 1.58 bits per heavy atom. The molecule has 0 aliphatic heterocycles. The molecular formula is C4H10NO6P. The first-order valence-electron chi connectivity index (χ1n) is 2.96. The van der Waals surface area contributed by atoms with E-state index in [-0.39, 0.29) is 0 Å². The summed E-state index contributed by atoms with van der Waals surface area (Å²) in [6.45, 7) is 1.20. The van der Waals surface area contributed by atoms with Crippen molar-refractivity contribution >= 4 is 13.8 Å². The number of aliphatic hydroxyl groups excluding tert-OH is 1. The predicted molar refractivity (Wildman–Crippen MR) is 37.8 cm³/mol. The quantitative estimate of drug-likeness (QED) is 0.399. The van der Waals surface area contributed by atoms with E-state index in [1.807, 2.05) is 0 Å². The molecule has 7 nitrogen and oxygen atoms in total. The van der Waals surface area contributed by atoms with Gasteiger partial charge in [0.25, 0.3) is 0 Å². The van der Waals surface area contributed by atoms with Crippen LogP contribution in [0.3, 0.4) is 0 Å². The Kier molecular flexibility index (Phi) is 3.82. The third-order valence-electron chi connectivity index (χ3n) is 1.00. The van der Waals surface area contributed by atoms with Gasteiger partial charge in [-0.1, -0.05) is 0 Å². The average Bonchev–Trinajstić information content (AvgIpc) is 1.82. The number of carbonyl (C=O) groups excluding carboxylic acids is 1. The maximum atomic E-state index is 10.6. The van der Waals surface area contributed by atoms with Crippen molar-refractivity contribution in [1.82, 2.24) is 0 Å². The molecule has 2 atom stereocenters. The van der Waals surface area contributed by atoms with Gasteiger partial charge in [0, 0.05) is 0 Å². The summed E-state index contributed by atoms with van der Waals surface area (Å²) in [6, 6.07) is -1.45. The van der Waals surface area contributed by atoms with Crippen molar-refractivity contribution in [3.8, 4) is 0 Å². The maximum absolute atomic E-state index is 10.6. The first-order valence-corrected chi connectivity index (χ1v) is 4.49. The van der Waals surface area contributed by atoms with E-state index in [1.54, 1.807) is 0 Å². The highest BCUT2D eigenvalue weighted by Crippen LogP contribution is 2.36. The van der Waals surface area contributed by atoms with Gasteiger partial charge in [0.05, 0.1) is 6.10 Å². The van der Waals surface area contributed by atoms with Gasteiger partial charge in [-0.15, -0.1) is 0 Å². The highest BCUT2D eigenvalue weighted by Gasteiger charge is 2.27. The van der Waals surface area contributed by atoms with Crippen molar-refractivity contribution in [2.75, 3.05) is 0 Å². The fourth-order valence-electron chi connectivity index (χ4n) is 0.375. The predicted octanol–water partition coefficient (Wildman–Crippen LogP) is -1.67. The molecular weight excluding hydrogens is 189 g/mol. The minimum atomic E-state index is -4.86.